The number of rotatable bonds is 8. The van der Waals surface area contributed by atoms with Crippen LogP contribution in [0.15, 0.2) is 94.9 Å². The van der Waals surface area contributed by atoms with Crippen molar-refractivity contribution in [1.82, 2.24) is 0 Å². The Kier molecular flexibility index (Phi) is 12.6. The van der Waals surface area contributed by atoms with Crippen molar-refractivity contribution in [3.63, 3.8) is 0 Å². The molecule has 0 saturated carbocycles. The van der Waals surface area contributed by atoms with Gasteiger partial charge in [0.05, 0.1) is 27.3 Å². The Balaban J connectivity index is 0.000000267. The first-order chi connectivity index (χ1) is 18.4. The van der Waals surface area contributed by atoms with Gasteiger partial charge < -0.3 is 19.7 Å². The number of benzene rings is 4. The number of aliphatic imine (C=N–C) groups is 2. The molecule has 0 aromatic heterocycles. The average molecular weight is 575 g/mol. The molecule has 4 aromatic rings. The minimum atomic E-state index is -0.276. The van der Waals surface area contributed by atoms with Crippen molar-refractivity contribution < 1.29 is 45.0 Å². The van der Waals surface area contributed by atoms with Crippen molar-refractivity contribution in [3.05, 3.63) is 119 Å². The molecule has 4 rings (SSSR count). The first-order valence-corrected chi connectivity index (χ1v) is 11.6. The molecule has 0 aliphatic rings. The maximum absolute atomic E-state index is 12.7. The predicted octanol–water partition coefficient (Wildman–Crippen LogP) is 5.05. The number of nitrogens with zero attached hydrogens (tertiary/aromatic N) is 2. The summed E-state index contributed by atoms with van der Waals surface area (Å²) in [6.07, 6.45) is 3.02. The van der Waals surface area contributed by atoms with E-state index in [0.29, 0.717) is 35.7 Å². The Morgan fingerprint density at radius 1 is 0.615 bits per heavy atom. The van der Waals surface area contributed by atoms with Crippen LogP contribution in [-0.2, 0) is 29.6 Å². The molecule has 0 bridgehead atoms. The third-order valence-corrected chi connectivity index (χ3v) is 5.29. The van der Waals surface area contributed by atoms with E-state index >= 15 is 0 Å². The van der Waals surface area contributed by atoms with Crippen LogP contribution in [0.25, 0.3) is 0 Å². The molecule has 0 spiro atoms. The number of methoxy groups -OCH3 is 2. The second kappa shape index (κ2) is 15.9. The van der Waals surface area contributed by atoms with Gasteiger partial charge in [0.25, 0.3) is 0 Å². The van der Waals surface area contributed by atoms with E-state index in [4.69, 9.17) is 9.47 Å². The van der Waals surface area contributed by atoms with Gasteiger partial charge in [0, 0.05) is 12.4 Å². The average Bonchev–Trinajstić information content (AvgIpc) is 2.93. The summed E-state index contributed by atoms with van der Waals surface area (Å²) in [5.74, 6) is -0.332. The van der Waals surface area contributed by atoms with Crippen molar-refractivity contribution in [3.8, 4) is 23.0 Å². The van der Waals surface area contributed by atoms with Crippen LogP contribution >= 0.6 is 0 Å². The van der Waals surface area contributed by atoms with Crippen LogP contribution in [0.3, 0.4) is 0 Å². The van der Waals surface area contributed by atoms with E-state index < -0.39 is 0 Å². The summed E-state index contributed by atoms with van der Waals surface area (Å²) in [6, 6.07) is 22.2. The quantitative estimate of drug-likeness (QED) is 0.217. The van der Waals surface area contributed by atoms with Crippen molar-refractivity contribution in [2.75, 3.05) is 14.2 Å². The van der Waals surface area contributed by atoms with Crippen LogP contribution in [0.1, 0.15) is 22.3 Å². The Bertz CT molecular complexity index is 1270. The van der Waals surface area contributed by atoms with Gasteiger partial charge in [0.15, 0.2) is 0 Å². The van der Waals surface area contributed by atoms with Crippen LogP contribution < -0.4 is 19.7 Å². The van der Waals surface area contributed by atoms with Gasteiger partial charge in [-0.1, -0.05) is 60.0 Å². The van der Waals surface area contributed by atoms with E-state index in [1.54, 1.807) is 60.7 Å². The normalized spacial score (nSPS) is 10.6. The van der Waals surface area contributed by atoms with Crippen LogP contribution in [0.2, 0.25) is 0 Å². The molecule has 0 aliphatic heterocycles. The predicted molar refractivity (Wildman–Crippen MR) is 140 cm³/mol. The molecule has 204 valence electrons. The van der Waals surface area contributed by atoms with Gasteiger partial charge in [-0.2, -0.15) is 0 Å². The Morgan fingerprint density at radius 3 is 1.31 bits per heavy atom. The molecule has 0 N–H and O–H groups in total. The number of halogens is 2. The standard InChI is InChI=1S/2C15H14FNO2.Ni/c2*1-19-14-4-2-3-12(15(14)18)10-17-9-11-5-7-13(16)8-6-11;/h2*2-8,10,18H,9H2,1H3;/q;;+2/p-2. The molecule has 9 heteroatoms. The molecule has 0 aliphatic carbocycles. The van der Waals surface area contributed by atoms with E-state index in [1.165, 1.54) is 50.9 Å². The third kappa shape index (κ3) is 9.54. The summed E-state index contributed by atoms with van der Waals surface area (Å²) in [6.45, 7) is 0.799. The maximum Gasteiger partial charge on any atom is 2.00 e. The summed E-state index contributed by atoms with van der Waals surface area (Å²) in [4.78, 5) is 8.35. The van der Waals surface area contributed by atoms with E-state index in [-0.39, 0.29) is 39.6 Å². The molecular formula is C30H26F2N2NiO4. The van der Waals surface area contributed by atoms with Gasteiger partial charge >= 0.3 is 16.5 Å². The fourth-order valence-corrected chi connectivity index (χ4v) is 3.27. The zero-order valence-electron chi connectivity index (χ0n) is 21.3. The van der Waals surface area contributed by atoms with Crippen molar-refractivity contribution in [1.29, 1.82) is 0 Å². The van der Waals surface area contributed by atoms with Crippen LogP contribution in [0.5, 0.6) is 23.0 Å². The monoisotopic (exact) mass is 574 g/mol. The van der Waals surface area contributed by atoms with Crippen LogP contribution in [0, 0.1) is 11.6 Å². The summed E-state index contributed by atoms with van der Waals surface area (Å²) >= 11 is 0. The summed E-state index contributed by atoms with van der Waals surface area (Å²) < 4.78 is 35.3. The second-order valence-corrected chi connectivity index (χ2v) is 7.95. The Labute approximate surface area is 236 Å². The topological polar surface area (TPSA) is 89.3 Å². The number of ether oxygens (including phenoxy) is 2. The number of para-hydroxylation sites is 2. The zero-order chi connectivity index (χ0) is 27.3. The van der Waals surface area contributed by atoms with Crippen molar-refractivity contribution >= 4 is 12.4 Å². The van der Waals surface area contributed by atoms with Gasteiger partial charge in [0.2, 0.25) is 0 Å². The molecule has 0 radical (unpaired) electrons. The first kappa shape index (κ1) is 31.0. The molecular weight excluding hydrogens is 549 g/mol. The van der Waals surface area contributed by atoms with E-state index in [1.807, 2.05) is 0 Å². The molecule has 0 saturated heterocycles. The van der Waals surface area contributed by atoms with Gasteiger partial charge in [-0.05, 0) is 58.7 Å². The smallest absolute Gasteiger partial charge is 0.870 e. The molecule has 0 fully saturated rings. The fraction of sp³-hybridized carbons (Fsp3) is 0.133. The van der Waals surface area contributed by atoms with E-state index in [0.717, 1.165) is 11.1 Å². The summed E-state index contributed by atoms with van der Waals surface area (Å²) in [5.41, 5.74) is 2.71. The minimum absolute atomic E-state index is 0. The molecule has 0 amide bonds. The Morgan fingerprint density at radius 2 is 0.974 bits per heavy atom. The van der Waals surface area contributed by atoms with Gasteiger partial charge in [-0.25, -0.2) is 8.78 Å². The van der Waals surface area contributed by atoms with E-state index in [2.05, 4.69) is 9.98 Å². The molecule has 6 nitrogen and oxygen atoms in total. The Hall–Kier alpha value is -4.23. The van der Waals surface area contributed by atoms with Crippen molar-refractivity contribution in [2.24, 2.45) is 9.98 Å². The molecule has 4 aromatic carbocycles. The van der Waals surface area contributed by atoms with Crippen LogP contribution in [0.4, 0.5) is 8.78 Å². The SMILES string of the molecule is COc1cccc(C=NCc2ccc(F)cc2)c1[O-].COc1cccc(C=NCc2ccc(F)cc2)c1[O-].[Ni+2]. The van der Waals surface area contributed by atoms with Gasteiger partial charge in [0.1, 0.15) is 23.1 Å². The van der Waals surface area contributed by atoms with Crippen molar-refractivity contribution in [2.45, 2.75) is 13.1 Å². The molecule has 0 atom stereocenters. The van der Waals surface area contributed by atoms with E-state index in [9.17, 15) is 19.0 Å². The fourth-order valence-electron chi connectivity index (χ4n) is 3.27. The first-order valence-electron chi connectivity index (χ1n) is 11.6. The minimum Gasteiger partial charge on any atom is -0.870 e. The molecule has 39 heavy (non-hydrogen) atoms. The summed E-state index contributed by atoms with van der Waals surface area (Å²) in [5, 5.41) is 23.6. The molecule has 0 heterocycles. The number of hydrogen-bond acceptors (Lipinski definition) is 6. The maximum atomic E-state index is 12.7. The number of hydrogen-bond donors (Lipinski definition) is 0. The third-order valence-electron chi connectivity index (χ3n) is 5.29. The summed E-state index contributed by atoms with van der Waals surface area (Å²) in [7, 11) is 2.91. The largest absolute Gasteiger partial charge is 2.00 e. The second-order valence-electron chi connectivity index (χ2n) is 7.95. The molecule has 0 unspecified atom stereocenters. The van der Waals surface area contributed by atoms with Gasteiger partial charge in [-0.15, -0.1) is 0 Å². The van der Waals surface area contributed by atoms with Gasteiger partial charge in [-0.3, -0.25) is 9.98 Å². The van der Waals surface area contributed by atoms with Crippen LogP contribution in [-0.4, -0.2) is 26.6 Å². The zero-order valence-corrected chi connectivity index (χ0v) is 22.2.